The number of nitrogens with zero attached hydrogens (tertiary/aromatic N) is 1. The summed E-state index contributed by atoms with van der Waals surface area (Å²) in [7, 11) is 2.00. The molecule has 1 rings (SSSR count). The SMILES string of the molecule is BCC1=C(OC(C)(C)C)C=C[C@@H]([N+](=O)[O-])C1. The second-order valence-corrected chi connectivity index (χ2v) is 4.95. The van der Waals surface area contributed by atoms with E-state index in [0.29, 0.717) is 6.42 Å². The summed E-state index contributed by atoms with van der Waals surface area (Å²) >= 11 is 0. The molecule has 4 nitrogen and oxygen atoms in total. The molecule has 1 aliphatic rings. The highest BCUT2D eigenvalue weighted by Gasteiger charge is 2.25. The molecule has 5 heteroatoms. The Morgan fingerprint density at radius 3 is 2.69 bits per heavy atom. The van der Waals surface area contributed by atoms with Crippen LogP contribution in [0.15, 0.2) is 23.5 Å². The minimum absolute atomic E-state index is 0.250. The van der Waals surface area contributed by atoms with Gasteiger partial charge in [0.15, 0.2) is 0 Å². The van der Waals surface area contributed by atoms with Gasteiger partial charge in [-0.25, -0.2) is 0 Å². The van der Waals surface area contributed by atoms with Crippen LogP contribution in [0, 0.1) is 10.1 Å². The van der Waals surface area contributed by atoms with Crippen LogP contribution in [0.25, 0.3) is 0 Å². The quantitative estimate of drug-likeness (QED) is 0.415. The Kier molecular flexibility index (Phi) is 3.78. The Hall–Kier alpha value is -1.26. The average molecular weight is 223 g/mol. The van der Waals surface area contributed by atoms with Crippen LogP contribution >= 0.6 is 0 Å². The predicted molar refractivity (Wildman–Crippen MR) is 65.8 cm³/mol. The van der Waals surface area contributed by atoms with Gasteiger partial charge in [0.2, 0.25) is 6.04 Å². The van der Waals surface area contributed by atoms with E-state index in [-0.39, 0.29) is 10.5 Å². The lowest BCUT2D eigenvalue weighted by Crippen LogP contribution is -2.24. The zero-order valence-corrected chi connectivity index (χ0v) is 10.3. The summed E-state index contributed by atoms with van der Waals surface area (Å²) in [6.45, 7) is 5.92. The van der Waals surface area contributed by atoms with Crippen LogP contribution in [0.1, 0.15) is 27.2 Å². The number of rotatable bonds is 3. The molecular formula is C11H18BNO3. The summed E-state index contributed by atoms with van der Waals surface area (Å²) < 4.78 is 5.78. The summed E-state index contributed by atoms with van der Waals surface area (Å²) in [4.78, 5) is 10.4. The highest BCUT2D eigenvalue weighted by Crippen LogP contribution is 2.27. The maximum absolute atomic E-state index is 10.7. The maximum atomic E-state index is 10.7. The van der Waals surface area contributed by atoms with Crippen molar-refractivity contribution in [2.24, 2.45) is 0 Å². The molecule has 0 aromatic carbocycles. The number of allylic oxidation sites excluding steroid dienone is 1. The molecule has 1 atom stereocenters. The highest BCUT2D eigenvalue weighted by molar-refractivity contribution is 6.10. The Bertz CT molecular complexity index is 342. The summed E-state index contributed by atoms with van der Waals surface area (Å²) in [5.41, 5.74) is 0.765. The molecule has 0 spiro atoms. The molecular weight excluding hydrogens is 205 g/mol. The van der Waals surface area contributed by atoms with Crippen molar-refractivity contribution < 1.29 is 9.66 Å². The third-order valence-corrected chi connectivity index (χ3v) is 2.39. The van der Waals surface area contributed by atoms with Crippen LogP contribution in [-0.4, -0.2) is 24.4 Å². The van der Waals surface area contributed by atoms with Crippen molar-refractivity contribution in [2.45, 2.75) is 45.2 Å². The standard InChI is InChI=1S/C11H18BNO3/c1-11(2,3)16-10-5-4-9(13(14)15)6-8(10)7-12/h4-5,9H,6-7,12H2,1-3H3/t9-/m1/s1. The van der Waals surface area contributed by atoms with Crippen LogP contribution in [0.4, 0.5) is 0 Å². The summed E-state index contributed by atoms with van der Waals surface area (Å²) in [6.07, 6.45) is 4.60. The topological polar surface area (TPSA) is 52.4 Å². The smallest absolute Gasteiger partial charge is 0.235 e. The van der Waals surface area contributed by atoms with Crippen LogP contribution in [0.3, 0.4) is 0 Å². The van der Waals surface area contributed by atoms with Crippen molar-refractivity contribution in [1.29, 1.82) is 0 Å². The molecule has 0 aromatic rings. The van der Waals surface area contributed by atoms with Crippen molar-refractivity contribution in [2.75, 3.05) is 0 Å². The van der Waals surface area contributed by atoms with Gasteiger partial charge in [0.05, 0.1) is 0 Å². The molecule has 0 heterocycles. The van der Waals surface area contributed by atoms with Crippen molar-refractivity contribution in [3.63, 3.8) is 0 Å². The first-order valence-electron chi connectivity index (χ1n) is 5.56. The fraction of sp³-hybridized carbons (Fsp3) is 0.636. The van der Waals surface area contributed by atoms with Gasteiger partial charge in [0.25, 0.3) is 0 Å². The number of nitro groups is 1. The molecule has 88 valence electrons. The Labute approximate surface area is 96.9 Å². The fourth-order valence-corrected chi connectivity index (χ4v) is 1.64. The molecule has 0 aromatic heterocycles. The van der Waals surface area contributed by atoms with E-state index in [1.807, 2.05) is 28.6 Å². The second kappa shape index (κ2) is 4.72. The van der Waals surface area contributed by atoms with Crippen LogP contribution in [-0.2, 0) is 4.74 Å². The monoisotopic (exact) mass is 223 g/mol. The van der Waals surface area contributed by atoms with Gasteiger partial charge < -0.3 is 4.74 Å². The van der Waals surface area contributed by atoms with E-state index in [2.05, 4.69) is 0 Å². The largest absolute Gasteiger partial charge is 0.488 e. The highest BCUT2D eigenvalue weighted by atomic mass is 16.6. The van der Waals surface area contributed by atoms with E-state index in [0.717, 1.165) is 17.7 Å². The van der Waals surface area contributed by atoms with E-state index in [4.69, 9.17) is 4.74 Å². The van der Waals surface area contributed by atoms with Gasteiger partial charge in [-0.15, -0.1) is 0 Å². The number of hydrogen-bond donors (Lipinski definition) is 0. The van der Waals surface area contributed by atoms with Crippen molar-refractivity contribution in [3.8, 4) is 0 Å². The van der Waals surface area contributed by atoms with Crippen LogP contribution < -0.4 is 0 Å². The maximum Gasteiger partial charge on any atom is 0.235 e. The first kappa shape index (κ1) is 12.8. The Morgan fingerprint density at radius 2 is 2.25 bits per heavy atom. The molecule has 0 saturated carbocycles. The van der Waals surface area contributed by atoms with Gasteiger partial charge in [-0.2, -0.15) is 0 Å². The Morgan fingerprint density at radius 1 is 1.62 bits per heavy atom. The molecule has 0 unspecified atom stereocenters. The summed E-state index contributed by atoms with van der Waals surface area (Å²) in [6, 6.07) is -0.595. The van der Waals surface area contributed by atoms with Crippen LogP contribution in [0.2, 0.25) is 6.32 Å². The third kappa shape index (κ3) is 3.40. The van der Waals surface area contributed by atoms with Gasteiger partial charge in [0, 0.05) is 11.3 Å². The van der Waals surface area contributed by atoms with Crippen LogP contribution in [0.5, 0.6) is 0 Å². The molecule has 0 bridgehead atoms. The molecule has 0 N–H and O–H groups in total. The van der Waals surface area contributed by atoms with Crippen molar-refractivity contribution in [3.05, 3.63) is 33.6 Å². The van der Waals surface area contributed by atoms with Gasteiger partial charge in [-0.05, 0) is 38.5 Å². The molecule has 1 aliphatic carbocycles. The van der Waals surface area contributed by atoms with E-state index in [9.17, 15) is 10.1 Å². The normalized spacial score (nSPS) is 21.1. The van der Waals surface area contributed by atoms with Gasteiger partial charge >= 0.3 is 0 Å². The lowest BCUT2D eigenvalue weighted by Gasteiger charge is -2.26. The Balaban J connectivity index is 2.84. The first-order chi connectivity index (χ1) is 7.33. The average Bonchev–Trinajstić information content (AvgIpc) is 2.15. The van der Waals surface area contributed by atoms with Gasteiger partial charge in [0.1, 0.15) is 19.2 Å². The molecule has 0 saturated heterocycles. The van der Waals surface area contributed by atoms with E-state index >= 15 is 0 Å². The minimum Gasteiger partial charge on any atom is -0.488 e. The van der Waals surface area contributed by atoms with E-state index < -0.39 is 6.04 Å². The van der Waals surface area contributed by atoms with E-state index in [1.54, 1.807) is 12.2 Å². The summed E-state index contributed by atoms with van der Waals surface area (Å²) in [5.74, 6) is 0.799. The van der Waals surface area contributed by atoms with Crippen molar-refractivity contribution in [1.82, 2.24) is 0 Å². The van der Waals surface area contributed by atoms with Gasteiger partial charge in [-0.3, -0.25) is 10.1 Å². The molecule has 0 amide bonds. The fourth-order valence-electron chi connectivity index (χ4n) is 1.64. The number of ether oxygens (including phenoxy) is 1. The lowest BCUT2D eigenvalue weighted by atomic mass is 9.88. The lowest BCUT2D eigenvalue weighted by molar-refractivity contribution is -0.509. The second-order valence-electron chi connectivity index (χ2n) is 4.95. The minimum atomic E-state index is -0.595. The first-order valence-corrected chi connectivity index (χ1v) is 5.56. The number of hydrogen-bond acceptors (Lipinski definition) is 3. The predicted octanol–water partition coefficient (Wildman–Crippen LogP) is 1.71. The van der Waals surface area contributed by atoms with Gasteiger partial charge in [-0.1, -0.05) is 6.32 Å². The zero-order valence-electron chi connectivity index (χ0n) is 10.3. The summed E-state index contributed by atoms with van der Waals surface area (Å²) in [5, 5.41) is 10.7. The molecule has 0 aliphatic heterocycles. The zero-order chi connectivity index (χ0) is 12.3. The molecule has 16 heavy (non-hydrogen) atoms. The molecule has 0 radical (unpaired) electrons. The van der Waals surface area contributed by atoms with E-state index in [1.165, 1.54) is 0 Å². The molecule has 0 fully saturated rings. The third-order valence-electron chi connectivity index (χ3n) is 2.39. The van der Waals surface area contributed by atoms with Crippen molar-refractivity contribution >= 4 is 7.85 Å².